The summed E-state index contributed by atoms with van der Waals surface area (Å²) in [6.45, 7) is 3.45. The van der Waals surface area contributed by atoms with Crippen LogP contribution in [-0.2, 0) is 9.53 Å². The Balaban J connectivity index is 3.42. The van der Waals surface area contributed by atoms with E-state index in [2.05, 4.69) is 6.92 Å². The number of unbranched alkanes of at least 4 members (excludes halogenated alkanes) is 3. The van der Waals surface area contributed by atoms with E-state index in [4.69, 9.17) is 9.84 Å². The molecule has 0 aliphatic rings. The second-order valence-electron chi connectivity index (χ2n) is 3.26. The lowest BCUT2D eigenvalue weighted by Gasteiger charge is -2.13. The van der Waals surface area contributed by atoms with Crippen LogP contribution in [0.2, 0.25) is 0 Å². The lowest BCUT2D eigenvalue weighted by molar-refractivity contribution is -0.148. The highest BCUT2D eigenvalue weighted by molar-refractivity contribution is 5.66. The van der Waals surface area contributed by atoms with Gasteiger partial charge in [-0.1, -0.05) is 26.2 Å². The van der Waals surface area contributed by atoms with Crippen LogP contribution >= 0.6 is 0 Å². The Morgan fingerprint density at radius 3 is 2.54 bits per heavy atom. The Labute approximate surface area is 80.1 Å². The predicted molar refractivity (Wildman–Crippen MR) is 51.4 cm³/mol. The SMILES string of the molecule is CCCCCCC(CO)OC(C)=O. The van der Waals surface area contributed by atoms with Crippen molar-refractivity contribution in [1.29, 1.82) is 0 Å². The summed E-state index contributed by atoms with van der Waals surface area (Å²) in [5.41, 5.74) is 0. The van der Waals surface area contributed by atoms with E-state index in [1.54, 1.807) is 0 Å². The maximum atomic E-state index is 10.6. The molecule has 0 fully saturated rings. The molecule has 0 amide bonds. The van der Waals surface area contributed by atoms with E-state index in [-0.39, 0.29) is 18.7 Å². The molecule has 13 heavy (non-hydrogen) atoms. The van der Waals surface area contributed by atoms with E-state index < -0.39 is 0 Å². The summed E-state index contributed by atoms with van der Waals surface area (Å²) in [4.78, 5) is 10.6. The molecule has 0 heterocycles. The molecule has 3 nitrogen and oxygen atoms in total. The molecule has 0 rings (SSSR count). The smallest absolute Gasteiger partial charge is 0.302 e. The third-order valence-electron chi connectivity index (χ3n) is 1.92. The first-order valence-electron chi connectivity index (χ1n) is 4.98. The normalized spacial score (nSPS) is 12.5. The van der Waals surface area contributed by atoms with Gasteiger partial charge in [-0.2, -0.15) is 0 Å². The summed E-state index contributed by atoms with van der Waals surface area (Å²) in [5, 5.41) is 8.85. The van der Waals surface area contributed by atoms with Crippen LogP contribution in [0.3, 0.4) is 0 Å². The third-order valence-corrected chi connectivity index (χ3v) is 1.92. The Kier molecular flexibility index (Phi) is 7.69. The number of aliphatic hydroxyl groups is 1. The van der Waals surface area contributed by atoms with Crippen molar-refractivity contribution in [3.63, 3.8) is 0 Å². The Bertz CT molecular complexity index is 134. The van der Waals surface area contributed by atoms with Crippen LogP contribution in [0.4, 0.5) is 0 Å². The van der Waals surface area contributed by atoms with E-state index in [0.29, 0.717) is 0 Å². The Hall–Kier alpha value is -0.570. The van der Waals surface area contributed by atoms with Gasteiger partial charge >= 0.3 is 5.97 Å². The fourth-order valence-corrected chi connectivity index (χ4v) is 1.22. The molecule has 0 aliphatic carbocycles. The minimum Gasteiger partial charge on any atom is -0.460 e. The highest BCUT2D eigenvalue weighted by Crippen LogP contribution is 2.07. The van der Waals surface area contributed by atoms with Gasteiger partial charge in [-0.3, -0.25) is 4.79 Å². The van der Waals surface area contributed by atoms with E-state index >= 15 is 0 Å². The molecule has 0 saturated carbocycles. The quantitative estimate of drug-likeness (QED) is 0.490. The highest BCUT2D eigenvalue weighted by Gasteiger charge is 2.09. The molecule has 0 bridgehead atoms. The van der Waals surface area contributed by atoms with Crippen LogP contribution in [0.5, 0.6) is 0 Å². The Morgan fingerprint density at radius 2 is 2.08 bits per heavy atom. The molecule has 0 aliphatic heterocycles. The number of hydrogen-bond donors (Lipinski definition) is 1. The van der Waals surface area contributed by atoms with Gasteiger partial charge < -0.3 is 9.84 Å². The molecule has 3 heteroatoms. The van der Waals surface area contributed by atoms with Crippen LogP contribution in [0, 0.1) is 0 Å². The number of esters is 1. The van der Waals surface area contributed by atoms with E-state index in [0.717, 1.165) is 19.3 Å². The van der Waals surface area contributed by atoms with Gasteiger partial charge in [0.05, 0.1) is 6.61 Å². The van der Waals surface area contributed by atoms with Gasteiger partial charge in [0.15, 0.2) is 0 Å². The van der Waals surface area contributed by atoms with Crippen molar-refractivity contribution in [1.82, 2.24) is 0 Å². The first-order valence-corrected chi connectivity index (χ1v) is 4.98. The van der Waals surface area contributed by atoms with Gasteiger partial charge in [-0.25, -0.2) is 0 Å². The molecule has 1 atom stereocenters. The van der Waals surface area contributed by atoms with Crippen molar-refractivity contribution in [3.8, 4) is 0 Å². The second kappa shape index (κ2) is 8.05. The number of rotatable bonds is 7. The lowest BCUT2D eigenvalue weighted by atomic mass is 10.1. The van der Waals surface area contributed by atoms with Gasteiger partial charge in [-0.15, -0.1) is 0 Å². The summed E-state index contributed by atoms with van der Waals surface area (Å²) in [5.74, 6) is -0.311. The lowest BCUT2D eigenvalue weighted by Crippen LogP contribution is -2.20. The molecular formula is C10H20O3. The van der Waals surface area contributed by atoms with Crippen LogP contribution in [0.25, 0.3) is 0 Å². The summed E-state index contributed by atoms with van der Waals surface area (Å²) in [6, 6.07) is 0. The van der Waals surface area contributed by atoms with Crippen molar-refractivity contribution in [2.75, 3.05) is 6.61 Å². The fraction of sp³-hybridized carbons (Fsp3) is 0.900. The maximum Gasteiger partial charge on any atom is 0.302 e. The number of carbonyl (C=O) groups is 1. The minimum atomic E-state index is -0.311. The van der Waals surface area contributed by atoms with Crippen LogP contribution < -0.4 is 0 Å². The van der Waals surface area contributed by atoms with Crippen molar-refractivity contribution >= 4 is 5.97 Å². The monoisotopic (exact) mass is 188 g/mol. The average Bonchev–Trinajstić information content (AvgIpc) is 2.09. The summed E-state index contributed by atoms with van der Waals surface area (Å²) in [7, 11) is 0. The van der Waals surface area contributed by atoms with Crippen LogP contribution in [-0.4, -0.2) is 23.8 Å². The highest BCUT2D eigenvalue weighted by atomic mass is 16.5. The van der Waals surface area contributed by atoms with Crippen molar-refractivity contribution < 1.29 is 14.6 Å². The van der Waals surface area contributed by atoms with Gasteiger partial charge in [-0.05, 0) is 12.8 Å². The molecule has 1 N–H and O–H groups in total. The first kappa shape index (κ1) is 12.4. The van der Waals surface area contributed by atoms with E-state index in [1.165, 1.54) is 19.8 Å². The van der Waals surface area contributed by atoms with Gasteiger partial charge in [0, 0.05) is 6.92 Å². The predicted octanol–water partition coefficient (Wildman–Crippen LogP) is 1.88. The molecule has 0 radical (unpaired) electrons. The van der Waals surface area contributed by atoms with Crippen molar-refractivity contribution in [3.05, 3.63) is 0 Å². The zero-order chi connectivity index (χ0) is 10.1. The zero-order valence-corrected chi connectivity index (χ0v) is 8.58. The maximum absolute atomic E-state index is 10.6. The molecule has 0 aromatic rings. The molecule has 0 saturated heterocycles. The van der Waals surface area contributed by atoms with Gasteiger partial charge in [0.1, 0.15) is 6.10 Å². The second-order valence-corrected chi connectivity index (χ2v) is 3.26. The van der Waals surface area contributed by atoms with Crippen LogP contribution in [0.15, 0.2) is 0 Å². The number of ether oxygens (including phenoxy) is 1. The largest absolute Gasteiger partial charge is 0.460 e. The minimum absolute atomic E-state index is 0.0638. The molecule has 0 aromatic heterocycles. The fourth-order valence-electron chi connectivity index (χ4n) is 1.22. The van der Waals surface area contributed by atoms with E-state index in [9.17, 15) is 4.79 Å². The zero-order valence-electron chi connectivity index (χ0n) is 8.58. The topological polar surface area (TPSA) is 46.5 Å². The molecule has 1 unspecified atom stereocenters. The summed E-state index contributed by atoms with van der Waals surface area (Å²) in [6.07, 6.45) is 5.04. The first-order chi connectivity index (χ1) is 6.20. The van der Waals surface area contributed by atoms with Gasteiger partial charge in [0.2, 0.25) is 0 Å². The van der Waals surface area contributed by atoms with Crippen LogP contribution in [0.1, 0.15) is 46.0 Å². The molecule has 78 valence electrons. The summed E-state index contributed by atoms with van der Waals surface area (Å²) < 4.78 is 4.89. The number of aliphatic hydroxyl groups excluding tert-OH is 1. The standard InChI is InChI=1S/C10H20O3/c1-3-4-5-6-7-10(8-11)13-9(2)12/h10-11H,3-8H2,1-2H3. The molecule has 0 spiro atoms. The van der Waals surface area contributed by atoms with E-state index in [1.807, 2.05) is 0 Å². The van der Waals surface area contributed by atoms with Crippen molar-refractivity contribution in [2.45, 2.75) is 52.1 Å². The van der Waals surface area contributed by atoms with Crippen molar-refractivity contribution in [2.24, 2.45) is 0 Å². The average molecular weight is 188 g/mol. The number of hydrogen-bond acceptors (Lipinski definition) is 3. The third kappa shape index (κ3) is 7.78. The molecule has 0 aromatic carbocycles. The van der Waals surface area contributed by atoms with Gasteiger partial charge in [0.25, 0.3) is 0 Å². The molecular weight excluding hydrogens is 168 g/mol. The summed E-state index contributed by atoms with van der Waals surface area (Å²) >= 11 is 0. The number of carbonyl (C=O) groups excluding carboxylic acids is 1. The Morgan fingerprint density at radius 1 is 1.38 bits per heavy atom.